The maximum absolute atomic E-state index is 12.3. The van der Waals surface area contributed by atoms with Crippen molar-refractivity contribution in [3.05, 3.63) is 29.8 Å². The van der Waals surface area contributed by atoms with Crippen molar-refractivity contribution in [1.29, 1.82) is 0 Å². The largest absolute Gasteiger partial charge is 0.481 e. The van der Waals surface area contributed by atoms with Gasteiger partial charge in [-0.2, -0.15) is 9.98 Å². The van der Waals surface area contributed by atoms with Crippen molar-refractivity contribution in [3.63, 3.8) is 0 Å². The van der Waals surface area contributed by atoms with Crippen LogP contribution in [0.4, 0.5) is 5.69 Å². The molecule has 0 spiro atoms. The lowest BCUT2D eigenvalue weighted by molar-refractivity contribution is -0.140. The molecule has 0 saturated carbocycles. The molecule has 13 heteroatoms. The Morgan fingerprint density at radius 2 is 1.88 bits per heavy atom. The number of nitrogens with one attached hydrogen (secondary N) is 2. The van der Waals surface area contributed by atoms with Crippen LogP contribution in [-0.4, -0.2) is 88.6 Å². The van der Waals surface area contributed by atoms with E-state index in [0.717, 1.165) is 0 Å². The van der Waals surface area contributed by atoms with E-state index in [1.807, 2.05) is 0 Å². The van der Waals surface area contributed by atoms with Crippen molar-refractivity contribution in [2.45, 2.75) is 31.0 Å². The zero-order valence-corrected chi connectivity index (χ0v) is 17.6. The number of fused-ring (bicyclic) bond motifs is 1. The Hall–Kier alpha value is -4.13. The molecule has 0 saturated heterocycles. The van der Waals surface area contributed by atoms with Crippen molar-refractivity contribution in [3.8, 4) is 0 Å². The summed E-state index contributed by atoms with van der Waals surface area (Å²) in [5.41, 5.74) is 6.41. The number of amidine groups is 1. The minimum Gasteiger partial charge on any atom is -0.481 e. The van der Waals surface area contributed by atoms with Crippen LogP contribution in [0.2, 0.25) is 0 Å². The molecule has 0 radical (unpaired) electrons. The molecule has 3 rings (SSSR count). The number of hydrogen-bond acceptors (Lipinski definition) is 9. The minimum absolute atomic E-state index is 0.117. The van der Waals surface area contributed by atoms with Crippen LogP contribution < -0.4 is 16.4 Å². The van der Waals surface area contributed by atoms with E-state index in [9.17, 15) is 19.2 Å². The number of rotatable bonds is 9. The highest BCUT2D eigenvalue weighted by molar-refractivity contribution is 6.19. The van der Waals surface area contributed by atoms with E-state index in [1.165, 1.54) is 12.1 Å². The number of carbonyl (C=O) groups is 4. The van der Waals surface area contributed by atoms with Gasteiger partial charge in [0, 0.05) is 30.4 Å². The highest BCUT2D eigenvalue weighted by atomic mass is 16.4. The van der Waals surface area contributed by atoms with E-state index < -0.39 is 35.8 Å². The van der Waals surface area contributed by atoms with Gasteiger partial charge < -0.3 is 26.6 Å². The first-order chi connectivity index (χ1) is 15.7. The fraction of sp³-hybridized carbons (Fsp3) is 0.350. The van der Waals surface area contributed by atoms with Crippen molar-refractivity contribution in [1.82, 2.24) is 10.2 Å². The van der Waals surface area contributed by atoms with Crippen molar-refractivity contribution in [2.24, 2.45) is 20.7 Å². The molecule has 0 aliphatic carbocycles. The molecular weight excluding hydrogens is 434 g/mol. The molecule has 33 heavy (non-hydrogen) atoms. The zero-order chi connectivity index (χ0) is 24.1. The lowest BCUT2D eigenvalue weighted by atomic mass is 10.1. The number of nitrogens with zero attached hydrogens (tertiary/aromatic N) is 4. The van der Waals surface area contributed by atoms with Crippen molar-refractivity contribution >= 4 is 47.5 Å². The summed E-state index contributed by atoms with van der Waals surface area (Å²) in [7, 11) is 1.75. The number of carbonyl (C=O) groups excluding carboxylic acids is 2. The average Bonchev–Trinajstić information content (AvgIpc) is 2.75. The Balaban J connectivity index is 1.58. The first kappa shape index (κ1) is 23.5. The summed E-state index contributed by atoms with van der Waals surface area (Å²) < 4.78 is 0. The maximum Gasteiger partial charge on any atom is 0.326 e. The number of aliphatic carboxylic acids is 2. The van der Waals surface area contributed by atoms with Gasteiger partial charge in [-0.15, -0.1) is 0 Å². The molecule has 0 fully saturated rings. The van der Waals surface area contributed by atoms with Gasteiger partial charge in [-0.25, -0.2) is 9.79 Å². The molecule has 0 aromatic heterocycles. The Labute approximate surface area is 188 Å². The summed E-state index contributed by atoms with van der Waals surface area (Å²) in [6.07, 6.45) is 1.05. The third-order valence-electron chi connectivity index (χ3n) is 5.15. The molecule has 3 atom stereocenters. The predicted molar refractivity (Wildman–Crippen MR) is 119 cm³/mol. The highest BCUT2D eigenvalue weighted by Crippen LogP contribution is 2.17. The summed E-state index contributed by atoms with van der Waals surface area (Å²) in [5, 5.41) is 23.4. The van der Waals surface area contributed by atoms with Crippen molar-refractivity contribution < 1.29 is 29.4 Å². The van der Waals surface area contributed by atoms with Gasteiger partial charge in [-0.1, -0.05) is 0 Å². The first-order valence-electron chi connectivity index (χ1n) is 9.98. The van der Waals surface area contributed by atoms with E-state index in [-0.39, 0.29) is 30.4 Å². The number of likely N-dealkylation sites (N-methyl/N-ethyl adjacent to an activating group) is 1. The number of guanidine groups is 1. The monoisotopic (exact) mass is 457 g/mol. The molecule has 13 nitrogen and oxygen atoms in total. The molecule has 2 aliphatic rings. The Morgan fingerprint density at radius 3 is 2.52 bits per heavy atom. The predicted octanol–water partition coefficient (Wildman–Crippen LogP) is -0.847. The summed E-state index contributed by atoms with van der Waals surface area (Å²) in [6, 6.07) is 4.07. The van der Waals surface area contributed by atoms with Gasteiger partial charge in [0.25, 0.3) is 11.8 Å². The van der Waals surface area contributed by atoms with Gasteiger partial charge in [0.15, 0.2) is 11.9 Å². The van der Waals surface area contributed by atoms with E-state index >= 15 is 0 Å². The average molecular weight is 457 g/mol. The number of benzene rings is 1. The number of carboxylic acids is 2. The Kier molecular flexibility index (Phi) is 7.13. The highest BCUT2D eigenvalue weighted by Gasteiger charge is 2.37. The molecule has 1 aromatic carbocycles. The second-order valence-electron chi connectivity index (χ2n) is 7.45. The van der Waals surface area contributed by atoms with Crippen LogP contribution in [0.3, 0.4) is 0 Å². The standard InChI is InChI=1S/C20H23N7O6/c1-27-12(9-23-16-15(27)18(31)26-20(21)25-16)8-22-11-4-2-10(3-5-11)17(30)24-13(19(32)33)6-7-14(28)29/h2-5,9,12-13,15,22H,6-8H2,1H3,(H,24,30)(H,28,29)(H,32,33)(H2,21,26,31)/t12?,13-,15?/m1/s1. The Bertz CT molecular complexity index is 1050. The van der Waals surface area contributed by atoms with Gasteiger partial charge in [-0.3, -0.25) is 19.3 Å². The van der Waals surface area contributed by atoms with Gasteiger partial charge in [0.2, 0.25) is 5.96 Å². The summed E-state index contributed by atoms with van der Waals surface area (Å²) in [5.74, 6) is -3.33. The van der Waals surface area contributed by atoms with Gasteiger partial charge in [0.05, 0.1) is 6.04 Å². The molecule has 2 aliphatic heterocycles. The smallest absolute Gasteiger partial charge is 0.326 e. The fourth-order valence-corrected chi connectivity index (χ4v) is 3.33. The summed E-state index contributed by atoms with van der Waals surface area (Å²) in [4.78, 5) is 60.1. The minimum atomic E-state index is -1.31. The summed E-state index contributed by atoms with van der Waals surface area (Å²) in [6.45, 7) is 0.401. The fourth-order valence-electron chi connectivity index (χ4n) is 3.33. The van der Waals surface area contributed by atoms with Crippen LogP contribution in [0.15, 0.2) is 39.2 Å². The number of carboxylic acid groups (broad SMARTS) is 2. The normalized spacial score (nSPS) is 20.8. The first-order valence-corrected chi connectivity index (χ1v) is 9.98. The van der Waals surface area contributed by atoms with Crippen LogP contribution >= 0.6 is 0 Å². The zero-order valence-electron chi connectivity index (χ0n) is 17.6. The lowest BCUT2D eigenvalue weighted by Crippen LogP contribution is -2.56. The van der Waals surface area contributed by atoms with Gasteiger partial charge >= 0.3 is 11.9 Å². The van der Waals surface area contributed by atoms with E-state index in [4.69, 9.17) is 15.9 Å². The van der Waals surface area contributed by atoms with E-state index in [2.05, 4.69) is 25.6 Å². The third kappa shape index (κ3) is 5.77. The molecular formula is C20H23N7O6. The molecule has 0 bridgehead atoms. The lowest BCUT2D eigenvalue weighted by Gasteiger charge is -2.35. The molecule has 6 N–H and O–H groups in total. The molecule has 174 valence electrons. The van der Waals surface area contributed by atoms with Crippen LogP contribution in [0.25, 0.3) is 0 Å². The summed E-state index contributed by atoms with van der Waals surface area (Å²) >= 11 is 0. The number of aliphatic imine (C=N–C) groups is 3. The van der Waals surface area contributed by atoms with Crippen LogP contribution in [0.1, 0.15) is 23.2 Å². The molecule has 2 heterocycles. The third-order valence-corrected chi connectivity index (χ3v) is 5.15. The molecule has 1 aromatic rings. The van der Waals surface area contributed by atoms with Crippen LogP contribution in [0, 0.1) is 0 Å². The molecule has 2 unspecified atom stereocenters. The topological polar surface area (TPSA) is 199 Å². The second kappa shape index (κ2) is 9.99. The number of hydrogen-bond donors (Lipinski definition) is 5. The number of amides is 2. The second-order valence-corrected chi connectivity index (χ2v) is 7.45. The molecule has 2 amide bonds. The maximum atomic E-state index is 12.3. The number of nitrogens with two attached hydrogens (primary N) is 1. The van der Waals surface area contributed by atoms with Crippen molar-refractivity contribution in [2.75, 3.05) is 18.9 Å². The van der Waals surface area contributed by atoms with Gasteiger partial charge in [-0.05, 0) is 37.7 Å². The Morgan fingerprint density at radius 1 is 1.18 bits per heavy atom. The van der Waals surface area contributed by atoms with Gasteiger partial charge in [0.1, 0.15) is 6.04 Å². The van der Waals surface area contributed by atoms with Crippen LogP contribution in [-0.2, 0) is 14.4 Å². The number of anilines is 1. The van der Waals surface area contributed by atoms with E-state index in [0.29, 0.717) is 18.1 Å². The van der Waals surface area contributed by atoms with E-state index in [1.54, 1.807) is 30.3 Å². The van der Waals surface area contributed by atoms with Crippen LogP contribution in [0.5, 0.6) is 0 Å². The SMILES string of the molecule is CN1C(CNc2ccc(C(=O)N[C@H](CCC(=O)O)C(=O)O)cc2)C=NC2=NC(N)=NC(=O)C21. The quantitative estimate of drug-likeness (QED) is 0.313.